The minimum absolute atomic E-state index is 0.0176. The lowest BCUT2D eigenvalue weighted by Gasteiger charge is -2.01. The van der Waals surface area contributed by atoms with Crippen LogP contribution in [0.2, 0.25) is 0 Å². The highest BCUT2D eigenvalue weighted by atomic mass is 32.1. The van der Waals surface area contributed by atoms with Gasteiger partial charge in [0.05, 0.1) is 16.9 Å². The van der Waals surface area contributed by atoms with E-state index in [9.17, 15) is 4.79 Å². The van der Waals surface area contributed by atoms with Crippen molar-refractivity contribution < 1.29 is 9.32 Å². The fourth-order valence-corrected chi connectivity index (χ4v) is 3.63. The SMILES string of the molecule is Cc1onc(-c2ccccn2)c1CCc1ncc(C(=O)NCC2CC2)s1. The third-order valence-electron chi connectivity index (χ3n) is 4.51. The fourth-order valence-electron chi connectivity index (χ4n) is 2.80. The van der Waals surface area contributed by atoms with Crippen LogP contribution in [0.3, 0.4) is 0 Å². The zero-order chi connectivity index (χ0) is 17.9. The Morgan fingerprint density at radius 3 is 2.96 bits per heavy atom. The average Bonchev–Trinajstić information content (AvgIpc) is 3.25. The number of pyridine rings is 1. The van der Waals surface area contributed by atoms with Gasteiger partial charge in [0.15, 0.2) is 0 Å². The third kappa shape index (κ3) is 3.83. The second-order valence-corrected chi connectivity index (χ2v) is 7.67. The van der Waals surface area contributed by atoms with Crippen LogP contribution >= 0.6 is 11.3 Å². The first-order valence-electron chi connectivity index (χ1n) is 8.80. The van der Waals surface area contributed by atoms with E-state index in [0.717, 1.165) is 47.1 Å². The van der Waals surface area contributed by atoms with Gasteiger partial charge in [0, 0.05) is 24.7 Å². The quantitative estimate of drug-likeness (QED) is 0.691. The van der Waals surface area contributed by atoms with E-state index in [1.54, 1.807) is 12.4 Å². The van der Waals surface area contributed by atoms with Gasteiger partial charge in [-0.1, -0.05) is 11.2 Å². The molecule has 3 aromatic rings. The summed E-state index contributed by atoms with van der Waals surface area (Å²) in [5.41, 5.74) is 2.62. The van der Waals surface area contributed by atoms with Crippen LogP contribution in [0.25, 0.3) is 11.4 Å². The molecule has 1 aliphatic rings. The molecule has 134 valence electrons. The van der Waals surface area contributed by atoms with Gasteiger partial charge < -0.3 is 9.84 Å². The summed E-state index contributed by atoms with van der Waals surface area (Å²) in [5.74, 6) is 1.45. The van der Waals surface area contributed by atoms with Crippen molar-refractivity contribution in [1.82, 2.24) is 20.4 Å². The van der Waals surface area contributed by atoms with Crippen molar-refractivity contribution in [3.63, 3.8) is 0 Å². The van der Waals surface area contributed by atoms with Crippen LogP contribution in [0.4, 0.5) is 0 Å². The van der Waals surface area contributed by atoms with Crippen molar-refractivity contribution in [2.24, 2.45) is 5.92 Å². The number of carbonyl (C=O) groups excluding carboxylic acids is 1. The molecule has 0 aromatic carbocycles. The topological polar surface area (TPSA) is 80.9 Å². The zero-order valence-electron chi connectivity index (χ0n) is 14.6. The van der Waals surface area contributed by atoms with Gasteiger partial charge in [-0.25, -0.2) is 4.98 Å². The number of aryl methyl sites for hydroxylation is 2. The first kappa shape index (κ1) is 16.9. The molecule has 0 saturated heterocycles. The third-order valence-corrected chi connectivity index (χ3v) is 5.56. The lowest BCUT2D eigenvalue weighted by atomic mass is 10.1. The molecule has 0 radical (unpaired) electrons. The molecule has 1 aliphatic carbocycles. The van der Waals surface area contributed by atoms with Gasteiger partial charge >= 0.3 is 0 Å². The molecule has 0 atom stereocenters. The fraction of sp³-hybridized carbons (Fsp3) is 0.368. The van der Waals surface area contributed by atoms with Crippen molar-refractivity contribution >= 4 is 17.2 Å². The number of aromatic nitrogens is 3. The molecule has 0 spiro atoms. The molecule has 6 nitrogen and oxygen atoms in total. The maximum absolute atomic E-state index is 12.1. The van der Waals surface area contributed by atoms with Crippen molar-refractivity contribution in [2.75, 3.05) is 6.54 Å². The van der Waals surface area contributed by atoms with Gasteiger partial charge in [-0.05, 0) is 44.2 Å². The minimum Gasteiger partial charge on any atom is -0.361 e. The number of hydrogen-bond acceptors (Lipinski definition) is 6. The smallest absolute Gasteiger partial charge is 0.263 e. The van der Waals surface area contributed by atoms with Crippen LogP contribution in [0.5, 0.6) is 0 Å². The highest BCUT2D eigenvalue weighted by Crippen LogP contribution is 2.28. The Hall–Kier alpha value is -2.54. The normalized spacial score (nSPS) is 13.7. The standard InChI is InChI=1S/C19H20N4O2S/c1-12-14(18(23-25-12)15-4-2-3-9-20-15)7-8-17-21-11-16(26-17)19(24)22-10-13-5-6-13/h2-4,9,11,13H,5-8,10H2,1H3,(H,22,24). The van der Waals surface area contributed by atoms with Crippen LogP contribution in [-0.4, -0.2) is 27.6 Å². The van der Waals surface area contributed by atoms with E-state index in [1.165, 1.54) is 24.2 Å². The number of rotatable bonds is 7. The molecule has 26 heavy (non-hydrogen) atoms. The minimum atomic E-state index is -0.0176. The Morgan fingerprint density at radius 1 is 1.31 bits per heavy atom. The second-order valence-electron chi connectivity index (χ2n) is 6.55. The lowest BCUT2D eigenvalue weighted by molar-refractivity contribution is 0.0955. The van der Waals surface area contributed by atoms with Crippen LogP contribution < -0.4 is 5.32 Å². The summed E-state index contributed by atoms with van der Waals surface area (Å²) >= 11 is 1.45. The van der Waals surface area contributed by atoms with Gasteiger partial charge in [-0.15, -0.1) is 11.3 Å². The van der Waals surface area contributed by atoms with E-state index < -0.39 is 0 Å². The maximum Gasteiger partial charge on any atom is 0.263 e. The molecule has 0 aliphatic heterocycles. The highest BCUT2D eigenvalue weighted by molar-refractivity contribution is 7.13. The van der Waals surface area contributed by atoms with E-state index in [1.807, 2.05) is 25.1 Å². The lowest BCUT2D eigenvalue weighted by Crippen LogP contribution is -2.24. The number of hydrogen-bond donors (Lipinski definition) is 1. The second kappa shape index (κ2) is 7.37. The average molecular weight is 368 g/mol. The maximum atomic E-state index is 12.1. The number of carbonyl (C=O) groups is 1. The molecule has 0 unspecified atom stereocenters. The number of thiazole rings is 1. The molecular formula is C19H20N4O2S. The Bertz CT molecular complexity index is 899. The highest BCUT2D eigenvalue weighted by Gasteiger charge is 2.22. The summed E-state index contributed by atoms with van der Waals surface area (Å²) < 4.78 is 5.37. The van der Waals surface area contributed by atoms with Crippen molar-refractivity contribution in [3.8, 4) is 11.4 Å². The van der Waals surface area contributed by atoms with E-state index >= 15 is 0 Å². The first-order valence-corrected chi connectivity index (χ1v) is 9.62. The predicted octanol–water partition coefficient (Wildman–Crippen LogP) is 3.43. The molecule has 1 saturated carbocycles. The Balaban J connectivity index is 1.42. The van der Waals surface area contributed by atoms with Crippen molar-refractivity contribution in [2.45, 2.75) is 32.6 Å². The van der Waals surface area contributed by atoms with Crippen LogP contribution in [0.15, 0.2) is 35.1 Å². The van der Waals surface area contributed by atoms with Gasteiger partial charge in [0.25, 0.3) is 5.91 Å². The van der Waals surface area contributed by atoms with Crippen LogP contribution in [0.1, 0.15) is 38.8 Å². The van der Waals surface area contributed by atoms with Gasteiger partial charge in [-0.3, -0.25) is 9.78 Å². The van der Waals surface area contributed by atoms with E-state index in [-0.39, 0.29) is 5.91 Å². The van der Waals surface area contributed by atoms with Gasteiger partial charge in [-0.2, -0.15) is 0 Å². The predicted molar refractivity (Wildman–Crippen MR) is 99.1 cm³/mol. The molecule has 1 fully saturated rings. The first-order chi connectivity index (χ1) is 12.7. The largest absolute Gasteiger partial charge is 0.361 e. The molecule has 7 heteroatoms. The van der Waals surface area contributed by atoms with E-state index in [4.69, 9.17) is 4.52 Å². The Labute approximate surface area is 155 Å². The van der Waals surface area contributed by atoms with Crippen LogP contribution in [-0.2, 0) is 12.8 Å². The van der Waals surface area contributed by atoms with E-state index in [2.05, 4.69) is 20.4 Å². The number of amides is 1. The monoisotopic (exact) mass is 368 g/mol. The molecule has 3 heterocycles. The molecule has 0 bridgehead atoms. The summed E-state index contributed by atoms with van der Waals surface area (Å²) in [6.07, 6.45) is 7.36. The van der Waals surface area contributed by atoms with Gasteiger partial charge in [0.2, 0.25) is 0 Å². The molecular weight excluding hydrogens is 348 g/mol. The summed E-state index contributed by atoms with van der Waals surface area (Å²) in [7, 11) is 0. The Morgan fingerprint density at radius 2 is 2.19 bits per heavy atom. The molecule has 3 aromatic heterocycles. The van der Waals surface area contributed by atoms with Crippen LogP contribution in [0, 0.1) is 12.8 Å². The number of nitrogens with one attached hydrogen (secondary N) is 1. The summed E-state index contributed by atoms with van der Waals surface area (Å²) in [6, 6.07) is 5.73. The Kier molecular flexibility index (Phi) is 4.79. The van der Waals surface area contributed by atoms with Crippen molar-refractivity contribution in [3.05, 3.63) is 51.8 Å². The molecule has 4 rings (SSSR count). The van der Waals surface area contributed by atoms with E-state index in [0.29, 0.717) is 10.8 Å². The number of nitrogens with zero attached hydrogens (tertiary/aromatic N) is 3. The summed E-state index contributed by atoms with van der Waals surface area (Å²) in [6.45, 7) is 2.69. The summed E-state index contributed by atoms with van der Waals surface area (Å²) in [5, 5.41) is 8.08. The summed E-state index contributed by atoms with van der Waals surface area (Å²) in [4.78, 5) is 21.6. The molecule has 1 amide bonds. The van der Waals surface area contributed by atoms with Crippen molar-refractivity contribution in [1.29, 1.82) is 0 Å². The zero-order valence-corrected chi connectivity index (χ0v) is 15.4. The molecule has 1 N–H and O–H groups in total. The van der Waals surface area contributed by atoms with Gasteiger partial charge in [0.1, 0.15) is 16.3 Å².